The number of H-pyrrole nitrogens is 1. The SMILES string of the molecule is C=CC(=O)NCc1nn(-c2ccc(C(F)(F)F)cc2)c2cccc(OCc3ccn[nH]3)c12. The third-order valence-electron chi connectivity index (χ3n) is 4.74. The molecule has 0 aliphatic rings. The summed E-state index contributed by atoms with van der Waals surface area (Å²) in [6, 6.07) is 11.8. The Morgan fingerprint density at radius 2 is 1.97 bits per heavy atom. The molecule has 0 bridgehead atoms. The van der Waals surface area contributed by atoms with Crippen LogP contribution < -0.4 is 10.1 Å². The van der Waals surface area contributed by atoms with Crippen LogP contribution in [0.15, 0.2) is 67.4 Å². The molecular formula is C22H18F3N5O2. The first-order chi connectivity index (χ1) is 15.4. The monoisotopic (exact) mass is 441 g/mol. The van der Waals surface area contributed by atoms with Gasteiger partial charge in [0.2, 0.25) is 5.91 Å². The first-order valence-corrected chi connectivity index (χ1v) is 9.56. The topological polar surface area (TPSA) is 84.8 Å². The number of nitrogens with zero attached hydrogens (tertiary/aromatic N) is 3. The number of halogens is 3. The summed E-state index contributed by atoms with van der Waals surface area (Å²) in [4.78, 5) is 11.7. The molecule has 0 unspecified atom stereocenters. The van der Waals surface area contributed by atoms with Gasteiger partial charge < -0.3 is 10.1 Å². The largest absolute Gasteiger partial charge is 0.487 e. The lowest BCUT2D eigenvalue weighted by Gasteiger charge is -2.09. The minimum absolute atomic E-state index is 0.0828. The Hall–Kier alpha value is -4.08. The third-order valence-corrected chi connectivity index (χ3v) is 4.74. The molecule has 0 saturated heterocycles. The van der Waals surface area contributed by atoms with Crippen LogP contribution in [0.4, 0.5) is 13.2 Å². The van der Waals surface area contributed by atoms with E-state index in [4.69, 9.17) is 4.74 Å². The minimum atomic E-state index is -4.43. The fourth-order valence-corrected chi connectivity index (χ4v) is 3.21. The molecule has 0 saturated carbocycles. The fourth-order valence-electron chi connectivity index (χ4n) is 3.21. The van der Waals surface area contributed by atoms with Crippen LogP contribution in [0.1, 0.15) is 17.0 Å². The van der Waals surface area contributed by atoms with E-state index >= 15 is 0 Å². The van der Waals surface area contributed by atoms with Gasteiger partial charge in [-0.2, -0.15) is 23.4 Å². The molecule has 0 radical (unpaired) electrons. The first-order valence-electron chi connectivity index (χ1n) is 9.56. The second-order valence-corrected chi connectivity index (χ2v) is 6.85. The lowest BCUT2D eigenvalue weighted by molar-refractivity contribution is -0.137. The van der Waals surface area contributed by atoms with Crippen LogP contribution >= 0.6 is 0 Å². The summed E-state index contributed by atoms with van der Waals surface area (Å²) >= 11 is 0. The van der Waals surface area contributed by atoms with E-state index in [2.05, 4.69) is 27.2 Å². The van der Waals surface area contributed by atoms with Crippen molar-refractivity contribution in [2.24, 2.45) is 0 Å². The van der Waals surface area contributed by atoms with E-state index in [9.17, 15) is 18.0 Å². The Kier molecular flexibility index (Phi) is 5.67. The fraction of sp³-hybridized carbons (Fsp3) is 0.136. The molecule has 7 nitrogen and oxygen atoms in total. The zero-order valence-corrected chi connectivity index (χ0v) is 16.7. The molecule has 0 atom stereocenters. The zero-order valence-electron chi connectivity index (χ0n) is 16.7. The van der Waals surface area contributed by atoms with Crippen molar-refractivity contribution in [1.82, 2.24) is 25.3 Å². The van der Waals surface area contributed by atoms with Gasteiger partial charge in [0.05, 0.1) is 40.1 Å². The summed E-state index contributed by atoms with van der Waals surface area (Å²) in [5.74, 6) is 0.135. The van der Waals surface area contributed by atoms with Gasteiger partial charge in [-0.25, -0.2) is 4.68 Å². The molecule has 164 valence electrons. The van der Waals surface area contributed by atoms with Gasteiger partial charge in [0.25, 0.3) is 0 Å². The summed E-state index contributed by atoms with van der Waals surface area (Å²) < 4.78 is 46.3. The van der Waals surface area contributed by atoms with Crippen LogP contribution in [0, 0.1) is 0 Å². The molecule has 2 N–H and O–H groups in total. The number of carbonyl (C=O) groups is 1. The summed E-state index contributed by atoms with van der Waals surface area (Å²) in [5.41, 5.74) is 1.57. The van der Waals surface area contributed by atoms with Gasteiger partial charge in [-0.05, 0) is 48.5 Å². The van der Waals surface area contributed by atoms with Gasteiger partial charge in [-0.1, -0.05) is 12.6 Å². The number of carbonyl (C=O) groups excluding carboxylic acids is 1. The Bertz CT molecular complexity index is 1250. The van der Waals surface area contributed by atoms with Crippen LogP contribution in [-0.2, 0) is 24.1 Å². The minimum Gasteiger partial charge on any atom is -0.487 e. The number of nitrogens with one attached hydrogen (secondary N) is 2. The van der Waals surface area contributed by atoms with Gasteiger partial charge >= 0.3 is 6.18 Å². The lowest BCUT2D eigenvalue weighted by Crippen LogP contribution is -2.20. The van der Waals surface area contributed by atoms with E-state index in [1.165, 1.54) is 16.8 Å². The molecule has 4 rings (SSSR count). The highest BCUT2D eigenvalue weighted by molar-refractivity contribution is 5.91. The van der Waals surface area contributed by atoms with Crippen LogP contribution in [-0.4, -0.2) is 25.9 Å². The number of aromatic amines is 1. The predicted molar refractivity (Wildman–Crippen MR) is 111 cm³/mol. The Balaban J connectivity index is 1.76. The quantitative estimate of drug-likeness (QED) is 0.422. The molecule has 4 aromatic rings. The Morgan fingerprint density at radius 1 is 1.19 bits per heavy atom. The van der Waals surface area contributed by atoms with Crippen LogP contribution in [0.5, 0.6) is 5.75 Å². The van der Waals surface area contributed by atoms with E-state index in [0.29, 0.717) is 28.0 Å². The molecule has 2 aromatic carbocycles. The second-order valence-electron chi connectivity index (χ2n) is 6.85. The van der Waals surface area contributed by atoms with Gasteiger partial charge in [-0.15, -0.1) is 0 Å². The van der Waals surface area contributed by atoms with Crippen molar-refractivity contribution >= 4 is 16.8 Å². The smallest absolute Gasteiger partial charge is 0.416 e. The van der Waals surface area contributed by atoms with E-state index in [1.807, 2.05) is 0 Å². The average Bonchev–Trinajstić information content (AvgIpc) is 3.44. The number of fused-ring (bicyclic) bond motifs is 1. The van der Waals surface area contributed by atoms with E-state index in [-0.39, 0.29) is 19.1 Å². The highest BCUT2D eigenvalue weighted by Gasteiger charge is 2.30. The molecule has 32 heavy (non-hydrogen) atoms. The number of ether oxygens (including phenoxy) is 1. The molecular weight excluding hydrogens is 423 g/mol. The molecule has 10 heteroatoms. The normalized spacial score (nSPS) is 11.5. The van der Waals surface area contributed by atoms with Crippen molar-refractivity contribution in [2.45, 2.75) is 19.3 Å². The number of hydrogen-bond acceptors (Lipinski definition) is 4. The maximum absolute atomic E-state index is 12.9. The number of benzene rings is 2. The highest BCUT2D eigenvalue weighted by atomic mass is 19.4. The summed E-state index contributed by atoms with van der Waals surface area (Å²) in [6.07, 6.45) is -1.68. The zero-order chi connectivity index (χ0) is 22.7. The molecule has 0 aliphatic heterocycles. The molecule has 0 fully saturated rings. The Morgan fingerprint density at radius 3 is 2.62 bits per heavy atom. The highest BCUT2D eigenvalue weighted by Crippen LogP contribution is 2.33. The predicted octanol–water partition coefficient (Wildman–Crippen LogP) is 4.15. The molecule has 2 heterocycles. The van der Waals surface area contributed by atoms with Crippen molar-refractivity contribution in [2.75, 3.05) is 0 Å². The van der Waals surface area contributed by atoms with Crippen LogP contribution in [0.3, 0.4) is 0 Å². The maximum atomic E-state index is 12.9. The standard InChI is InChI=1S/C22H18F3N5O2/c1-2-20(31)26-12-17-21-18(4-3-5-19(21)32-13-15-10-11-27-28-15)30(29-17)16-8-6-14(7-9-16)22(23,24)25/h2-11H,1,12-13H2,(H,26,31)(H,27,28). The molecule has 0 aliphatic carbocycles. The average molecular weight is 441 g/mol. The van der Waals surface area contributed by atoms with Crippen molar-refractivity contribution in [3.05, 3.63) is 84.3 Å². The number of aromatic nitrogens is 4. The van der Waals surface area contributed by atoms with Crippen LogP contribution in [0.2, 0.25) is 0 Å². The molecule has 2 aromatic heterocycles. The molecule has 0 spiro atoms. The number of amides is 1. The van der Waals surface area contributed by atoms with E-state index < -0.39 is 11.7 Å². The summed E-state index contributed by atoms with van der Waals surface area (Å²) in [6.45, 7) is 3.74. The maximum Gasteiger partial charge on any atom is 0.416 e. The third kappa shape index (κ3) is 4.34. The Labute approximate surface area is 180 Å². The molecule has 1 amide bonds. The van der Waals surface area contributed by atoms with Crippen molar-refractivity contribution in [3.63, 3.8) is 0 Å². The summed E-state index contributed by atoms with van der Waals surface area (Å²) in [7, 11) is 0. The summed E-state index contributed by atoms with van der Waals surface area (Å²) in [5, 5.41) is 14.6. The van der Waals surface area contributed by atoms with Gasteiger partial charge in [-0.3, -0.25) is 9.89 Å². The van der Waals surface area contributed by atoms with Crippen LogP contribution in [0.25, 0.3) is 16.6 Å². The number of alkyl halides is 3. The lowest BCUT2D eigenvalue weighted by atomic mass is 10.1. The number of hydrogen-bond donors (Lipinski definition) is 2. The van der Waals surface area contributed by atoms with E-state index in [1.54, 1.807) is 30.5 Å². The second kappa shape index (κ2) is 8.58. The van der Waals surface area contributed by atoms with Gasteiger partial charge in [0, 0.05) is 6.20 Å². The number of rotatable bonds is 7. The van der Waals surface area contributed by atoms with Crippen molar-refractivity contribution in [3.8, 4) is 11.4 Å². The van der Waals surface area contributed by atoms with Gasteiger partial charge in [0.1, 0.15) is 12.4 Å². The van der Waals surface area contributed by atoms with Gasteiger partial charge in [0.15, 0.2) is 0 Å². The first kappa shape index (κ1) is 21.2. The van der Waals surface area contributed by atoms with Crippen molar-refractivity contribution in [1.29, 1.82) is 0 Å². The van der Waals surface area contributed by atoms with E-state index in [0.717, 1.165) is 23.9 Å². The van der Waals surface area contributed by atoms with Crippen molar-refractivity contribution < 1.29 is 22.7 Å².